The van der Waals surface area contributed by atoms with Crippen molar-refractivity contribution in [1.29, 1.82) is 0 Å². The summed E-state index contributed by atoms with van der Waals surface area (Å²) in [6.07, 6.45) is 0.716. The number of carbonyl (C=O) groups is 3. The monoisotopic (exact) mass is 214 g/mol. The first-order chi connectivity index (χ1) is 7.06. The second kappa shape index (κ2) is 4.77. The average Bonchev–Trinajstić information content (AvgIpc) is 2.42. The number of nitrogens with zero attached hydrogens (tertiary/aromatic N) is 2. The second-order valence-corrected chi connectivity index (χ2v) is 3.34. The van der Waals surface area contributed by atoms with E-state index in [1.807, 2.05) is 6.92 Å². The normalized spacial score (nSPS) is 16.1. The molecule has 84 valence electrons. The molecule has 1 aliphatic rings. The van der Waals surface area contributed by atoms with Crippen LogP contribution in [0.2, 0.25) is 0 Å². The Hall–Kier alpha value is -1.59. The molecule has 6 nitrogen and oxygen atoms in total. The van der Waals surface area contributed by atoms with E-state index in [9.17, 15) is 14.4 Å². The molecule has 1 saturated heterocycles. The van der Waals surface area contributed by atoms with Crippen molar-refractivity contribution >= 4 is 17.9 Å². The van der Waals surface area contributed by atoms with E-state index in [1.165, 1.54) is 11.9 Å². The van der Waals surface area contributed by atoms with Gasteiger partial charge in [-0.15, -0.1) is 0 Å². The largest absolute Gasteiger partial charge is 0.464 e. The highest BCUT2D eigenvalue weighted by Crippen LogP contribution is 2.07. The fourth-order valence-corrected chi connectivity index (χ4v) is 1.22. The lowest BCUT2D eigenvalue weighted by molar-refractivity contribution is -0.146. The summed E-state index contributed by atoms with van der Waals surface area (Å²) in [5.41, 5.74) is 0. The van der Waals surface area contributed by atoms with Gasteiger partial charge in [0.05, 0.1) is 6.61 Å². The van der Waals surface area contributed by atoms with Gasteiger partial charge >= 0.3 is 12.0 Å². The molecule has 6 heteroatoms. The van der Waals surface area contributed by atoms with E-state index in [0.29, 0.717) is 13.0 Å². The van der Waals surface area contributed by atoms with E-state index < -0.39 is 12.0 Å². The molecule has 0 atom stereocenters. The highest BCUT2D eigenvalue weighted by molar-refractivity contribution is 6.03. The molecule has 0 aromatic heterocycles. The van der Waals surface area contributed by atoms with Crippen LogP contribution in [0.25, 0.3) is 0 Å². The van der Waals surface area contributed by atoms with E-state index in [0.717, 1.165) is 4.90 Å². The van der Waals surface area contributed by atoms with Crippen molar-refractivity contribution in [1.82, 2.24) is 9.80 Å². The maximum absolute atomic E-state index is 11.3. The third kappa shape index (κ3) is 2.68. The number of amides is 3. The van der Waals surface area contributed by atoms with E-state index in [1.54, 1.807) is 0 Å². The van der Waals surface area contributed by atoms with Gasteiger partial charge in [0.1, 0.15) is 13.1 Å². The Balaban J connectivity index is 2.47. The van der Waals surface area contributed by atoms with Crippen molar-refractivity contribution in [3.05, 3.63) is 0 Å². The number of urea groups is 1. The highest BCUT2D eigenvalue weighted by Gasteiger charge is 2.35. The maximum atomic E-state index is 11.3. The number of imide groups is 1. The third-order valence-electron chi connectivity index (χ3n) is 1.99. The predicted octanol–water partition coefficient (Wildman–Crippen LogP) is -0.166. The van der Waals surface area contributed by atoms with Gasteiger partial charge < -0.3 is 9.64 Å². The first-order valence-electron chi connectivity index (χ1n) is 4.77. The predicted molar refractivity (Wildman–Crippen MR) is 51.0 cm³/mol. The van der Waals surface area contributed by atoms with Gasteiger partial charge in [-0.05, 0) is 6.42 Å². The van der Waals surface area contributed by atoms with E-state index >= 15 is 0 Å². The number of esters is 1. The van der Waals surface area contributed by atoms with Gasteiger partial charge in [0, 0.05) is 7.05 Å². The molecule has 0 saturated carbocycles. The average molecular weight is 214 g/mol. The Bertz CT molecular complexity index is 290. The summed E-state index contributed by atoms with van der Waals surface area (Å²) in [5, 5.41) is 0. The molecule has 0 aromatic carbocycles. The topological polar surface area (TPSA) is 66.9 Å². The van der Waals surface area contributed by atoms with Crippen LogP contribution in [0.5, 0.6) is 0 Å². The number of rotatable bonds is 4. The van der Waals surface area contributed by atoms with Crippen molar-refractivity contribution in [3.8, 4) is 0 Å². The molecule has 0 radical (unpaired) electrons. The van der Waals surface area contributed by atoms with Gasteiger partial charge in [-0.1, -0.05) is 6.92 Å². The van der Waals surface area contributed by atoms with E-state index in [4.69, 9.17) is 4.74 Å². The van der Waals surface area contributed by atoms with Crippen LogP contribution in [0.3, 0.4) is 0 Å². The van der Waals surface area contributed by atoms with Crippen molar-refractivity contribution in [3.63, 3.8) is 0 Å². The smallest absolute Gasteiger partial charge is 0.327 e. The fourth-order valence-electron chi connectivity index (χ4n) is 1.22. The lowest BCUT2D eigenvalue weighted by Gasteiger charge is -2.12. The van der Waals surface area contributed by atoms with Gasteiger partial charge in [-0.25, -0.2) is 4.79 Å². The van der Waals surface area contributed by atoms with Crippen LogP contribution >= 0.6 is 0 Å². The van der Waals surface area contributed by atoms with Crippen LogP contribution in [0.15, 0.2) is 0 Å². The Morgan fingerprint density at radius 1 is 1.47 bits per heavy atom. The van der Waals surface area contributed by atoms with Crippen molar-refractivity contribution < 1.29 is 19.1 Å². The summed E-state index contributed by atoms with van der Waals surface area (Å²) in [6.45, 7) is 1.92. The molecule has 0 unspecified atom stereocenters. The summed E-state index contributed by atoms with van der Waals surface area (Å²) in [6, 6.07) is -0.451. The highest BCUT2D eigenvalue weighted by atomic mass is 16.5. The number of hydrogen-bond donors (Lipinski definition) is 0. The molecule has 1 heterocycles. The minimum absolute atomic E-state index is 0.0277. The van der Waals surface area contributed by atoms with Gasteiger partial charge in [-0.3, -0.25) is 14.5 Å². The zero-order chi connectivity index (χ0) is 11.4. The lowest BCUT2D eigenvalue weighted by Crippen LogP contribution is -2.36. The summed E-state index contributed by atoms with van der Waals surface area (Å²) in [5.74, 6) is -0.912. The summed E-state index contributed by atoms with van der Waals surface area (Å²) >= 11 is 0. The Labute approximate surface area is 87.8 Å². The number of ether oxygens (including phenoxy) is 1. The summed E-state index contributed by atoms with van der Waals surface area (Å²) in [4.78, 5) is 35.9. The zero-order valence-electron chi connectivity index (χ0n) is 8.86. The van der Waals surface area contributed by atoms with E-state index in [-0.39, 0.29) is 19.0 Å². The van der Waals surface area contributed by atoms with Crippen LogP contribution in [0.4, 0.5) is 4.79 Å². The minimum Gasteiger partial charge on any atom is -0.464 e. The van der Waals surface area contributed by atoms with Crippen LogP contribution < -0.4 is 0 Å². The number of carbonyl (C=O) groups excluding carboxylic acids is 3. The van der Waals surface area contributed by atoms with Crippen LogP contribution in [-0.4, -0.2) is 54.5 Å². The first kappa shape index (κ1) is 11.5. The molecule has 15 heavy (non-hydrogen) atoms. The SMILES string of the molecule is CCCOC(=O)CN1C(=O)CN(C)C1=O. The van der Waals surface area contributed by atoms with Crippen molar-refractivity contribution in [2.75, 3.05) is 26.7 Å². The quantitative estimate of drug-likeness (QED) is 0.481. The molecule has 1 fully saturated rings. The molecular weight excluding hydrogens is 200 g/mol. The van der Waals surface area contributed by atoms with Crippen molar-refractivity contribution in [2.45, 2.75) is 13.3 Å². The maximum Gasteiger partial charge on any atom is 0.327 e. The Morgan fingerprint density at radius 3 is 2.60 bits per heavy atom. The molecule has 0 bridgehead atoms. The molecular formula is C9H14N2O4. The fraction of sp³-hybridized carbons (Fsp3) is 0.667. The zero-order valence-corrected chi connectivity index (χ0v) is 8.86. The molecule has 0 N–H and O–H groups in total. The molecule has 1 aliphatic heterocycles. The van der Waals surface area contributed by atoms with Gasteiger partial charge in [0.15, 0.2) is 0 Å². The summed E-state index contributed by atoms with van der Waals surface area (Å²) < 4.78 is 4.78. The van der Waals surface area contributed by atoms with E-state index in [2.05, 4.69) is 0 Å². The second-order valence-electron chi connectivity index (χ2n) is 3.34. The first-order valence-corrected chi connectivity index (χ1v) is 4.77. The molecule has 0 aliphatic carbocycles. The number of hydrogen-bond acceptors (Lipinski definition) is 4. The Morgan fingerprint density at radius 2 is 2.13 bits per heavy atom. The molecule has 0 aromatic rings. The molecule has 1 rings (SSSR count). The lowest BCUT2D eigenvalue weighted by atomic mass is 10.5. The minimum atomic E-state index is -0.547. The van der Waals surface area contributed by atoms with Gasteiger partial charge in [-0.2, -0.15) is 0 Å². The van der Waals surface area contributed by atoms with Crippen LogP contribution in [0, 0.1) is 0 Å². The molecule has 3 amide bonds. The number of likely N-dealkylation sites (N-methyl/N-ethyl adjacent to an activating group) is 1. The van der Waals surface area contributed by atoms with Crippen LogP contribution in [-0.2, 0) is 14.3 Å². The van der Waals surface area contributed by atoms with Gasteiger partial charge in [0.2, 0.25) is 0 Å². The molecule has 0 spiro atoms. The standard InChI is InChI=1S/C9H14N2O4/c1-3-4-15-8(13)6-11-7(12)5-10(2)9(11)14/h3-6H2,1-2H3. The summed E-state index contributed by atoms with van der Waals surface area (Å²) in [7, 11) is 1.51. The van der Waals surface area contributed by atoms with Crippen LogP contribution in [0.1, 0.15) is 13.3 Å². The Kier molecular flexibility index (Phi) is 3.65. The van der Waals surface area contributed by atoms with Crippen molar-refractivity contribution in [2.24, 2.45) is 0 Å². The van der Waals surface area contributed by atoms with Gasteiger partial charge in [0.25, 0.3) is 5.91 Å². The third-order valence-corrected chi connectivity index (χ3v) is 1.99.